The molecule has 1 fully saturated rings. The van der Waals surface area contributed by atoms with Gasteiger partial charge in [-0.25, -0.2) is 0 Å². The fourth-order valence-electron chi connectivity index (χ4n) is 3.87. The Labute approximate surface area is 153 Å². The number of esters is 1. The molecular formula is C20H26N2O4. The standard InChI is InChI=1S/C20H26N2O4/c1-14-12-18(23)21-16-8-4-5-9-17(16)22(14)19(24)13-26-20(25)11-10-15-6-2-3-7-15/h4-5,8-9,14-15H,2-3,6-7,10-13H2,1H3,(H,21,23). The average molecular weight is 358 g/mol. The van der Waals surface area contributed by atoms with E-state index in [0.717, 1.165) is 6.42 Å². The van der Waals surface area contributed by atoms with Gasteiger partial charge >= 0.3 is 5.97 Å². The van der Waals surface area contributed by atoms with Gasteiger partial charge in [-0.05, 0) is 31.4 Å². The number of fused-ring (bicyclic) bond motifs is 1. The van der Waals surface area contributed by atoms with Crippen LogP contribution in [0.4, 0.5) is 11.4 Å². The normalized spacial score (nSPS) is 20.3. The molecule has 1 atom stereocenters. The number of hydrogen-bond donors (Lipinski definition) is 1. The van der Waals surface area contributed by atoms with Crippen molar-refractivity contribution in [1.82, 2.24) is 0 Å². The minimum atomic E-state index is -0.324. The summed E-state index contributed by atoms with van der Waals surface area (Å²) in [4.78, 5) is 38.2. The van der Waals surface area contributed by atoms with Gasteiger partial charge in [0.15, 0.2) is 6.61 Å². The second kappa shape index (κ2) is 8.34. The molecule has 3 rings (SSSR count). The summed E-state index contributed by atoms with van der Waals surface area (Å²) in [6, 6.07) is 6.87. The number of nitrogens with one attached hydrogen (secondary N) is 1. The first-order valence-corrected chi connectivity index (χ1v) is 9.41. The van der Waals surface area contributed by atoms with Crippen LogP contribution < -0.4 is 10.2 Å². The molecule has 0 bridgehead atoms. The Hall–Kier alpha value is -2.37. The van der Waals surface area contributed by atoms with Crippen molar-refractivity contribution in [2.75, 3.05) is 16.8 Å². The van der Waals surface area contributed by atoms with Crippen molar-refractivity contribution >= 4 is 29.2 Å². The lowest BCUT2D eigenvalue weighted by Gasteiger charge is -2.27. The van der Waals surface area contributed by atoms with Crippen LogP contribution >= 0.6 is 0 Å². The third-order valence-corrected chi connectivity index (χ3v) is 5.22. The highest BCUT2D eigenvalue weighted by Gasteiger charge is 2.30. The van der Waals surface area contributed by atoms with E-state index in [2.05, 4.69) is 5.32 Å². The number of amides is 2. The van der Waals surface area contributed by atoms with E-state index in [1.165, 1.54) is 25.7 Å². The maximum atomic E-state index is 12.7. The van der Waals surface area contributed by atoms with Crippen LogP contribution in [0.3, 0.4) is 0 Å². The molecule has 1 N–H and O–H groups in total. The molecule has 1 aromatic rings. The van der Waals surface area contributed by atoms with E-state index in [1.807, 2.05) is 13.0 Å². The van der Waals surface area contributed by atoms with Crippen molar-refractivity contribution in [1.29, 1.82) is 0 Å². The predicted octanol–water partition coefficient (Wildman–Crippen LogP) is 3.26. The highest BCUT2D eigenvalue weighted by atomic mass is 16.5. The fraction of sp³-hybridized carbons (Fsp3) is 0.550. The molecule has 1 saturated carbocycles. The van der Waals surface area contributed by atoms with E-state index < -0.39 is 0 Å². The summed E-state index contributed by atoms with van der Waals surface area (Å²) in [5.41, 5.74) is 1.24. The van der Waals surface area contributed by atoms with Crippen molar-refractivity contribution in [2.45, 2.75) is 57.9 Å². The van der Waals surface area contributed by atoms with Gasteiger partial charge in [0.2, 0.25) is 5.91 Å². The Morgan fingerprint density at radius 1 is 1.23 bits per heavy atom. The lowest BCUT2D eigenvalue weighted by Crippen LogP contribution is -2.41. The summed E-state index contributed by atoms with van der Waals surface area (Å²) in [6.07, 6.45) is 6.29. The molecule has 0 radical (unpaired) electrons. The topological polar surface area (TPSA) is 75.7 Å². The third-order valence-electron chi connectivity index (χ3n) is 5.22. The number of nitrogens with zero attached hydrogens (tertiary/aromatic N) is 1. The average Bonchev–Trinajstić information content (AvgIpc) is 3.09. The van der Waals surface area contributed by atoms with Crippen LogP contribution in [-0.4, -0.2) is 30.4 Å². The zero-order chi connectivity index (χ0) is 18.5. The maximum absolute atomic E-state index is 12.7. The summed E-state index contributed by atoms with van der Waals surface area (Å²) >= 11 is 0. The summed E-state index contributed by atoms with van der Waals surface area (Å²) in [6.45, 7) is 1.53. The number of benzene rings is 1. The quantitative estimate of drug-likeness (QED) is 0.820. The molecule has 140 valence electrons. The minimum absolute atomic E-state index is 0.131. The van der Waals surface area contributed by atoms with Gasteiger partial charge in [0.1, 0.15) is 0 Å². The number of ether oxygens (including phenoxy) is 1. The van der Waals surface area contributed by atoms with Gasteiger partial charge in [0.05, 0.1) is 11.4 Å². The number of rotatable bonds is 5. The number of carbonyl (C=O) groups excluding carboxylic acids is 3. The first kappa shape index (κ1) is 18.4. The van der Waals surface area contributed by atoms with Gasteiger partial charge in [-0.1, -0.05) is 37.8 Å². The molecular weight excluding hydrogens is 332 g/mol. The van der Waals surface area contributed by atoms with Gasteiger partial charge in [0, 0.05) is 18.9 Å². The largest absolute Gasteiger partial charge is 0.456 e. The van der Waals surface area contributed by atoms with Gasteiger partial charge < -0.3 is 15.0 Å². The minimum Gasteiger partial charge on any atom is -0.456 e. The summed E-state index contributed by atoms with van der Waals surface area (Å²) in [7, 11) is 0. The molecule has 6 nitrogen and oxygen atoms in total. The molecule has 0 saturated heterocycles. The van der Waals surface area contributed by atoms with Gasteiger partial charge in [-0.3, -0.25) is 14.4 Å². The van der Waals surface area contributed by atoms with E-state index in [4.69, 9.17) is 4.74 Å². The number of hydrogen-bond acceptors (Lipinski definition) is 4. The molecule has 1 aliphatic carbocycles. The van der Waals surface area contributed by atoms with Crippen LogP contribution in [-0.2, 0) is 19.1 Å². The predicted molar refractivity (Wildman–Crippen MR) is 98.8 cm³/mol. The van der Waals surface area contributed by atoms with E-state index >= 15 is 0 Å². The number of para-hydroxylation sites is 2. The summed E-state index contributed by atoms with van der Waals surface area (Å²) in [5.74, 6) is -0.146. The Morgan fingerprint density at radius 2 is 1.96 bits per heavy atom. The second-order valence-corrected chi connectivity index (χ2v) is 7.23. The van der Waals surface area contributed by atoms with Crippen LogP contribution in [0.1, 0.15) is 51.9 Å². The Balaban J connectivity index is 1.59. The van der Waals surface area contributed by atoms with E-state index in [9.17, 15) is 14.4 Å². The molecule has 1 aliphatic heterocycles. The lowest BCUT2D eigenvalue weighted by molar-refractivity contribution is -0.148. The van der Waals surface area contributed by atoms with Gasteiger partial charge in [0.25, 0.3) is 5.91 Å². The fourth-order valence-corrected chi connectivity index (χ4v) is 3.87. The molecule has 0 aromatic heterocycles. The molecule has 2 amide bonds. The SMILES string of the molecule is CC1CC(=O)Nc2ccccc2N1C(=O)COC(=O)CCC1CCCC1. The maximum Gasteiger partial charge on any atom is 0.306 e. The van der Waals surface area contributed by atoms with E-state index in [1.54, 1.807) is 23.1 Å². The first-order chi connectivity index (χ1) is 12.5. The van der Waals surface area contributed by atoms with Crippen molar-refractivity contribution in [3.63, 3.8) is 0 Å². The molecule has 2 aliphatic rings. The Kier molecular flexibility index (Phi) is 5.91. The monoisotopic (exact) mass is 358 g/mol. The number of carbonyl (C=O) groups is 3. The van der Waals surface area contributed by atoms with Crippen LogP contribution in [0.25, 0.3) is 0 Å². The molecule has 1 aromatic carbocycles. The zero-order valence-electron chi connectivity index (χ0n) is 15.2. The van der Waals surface area contributed by atoms with Crippen LogP contribution in [0, 0.1) is 5.92 Å². The lowest BCUT2D eigenvalue weighted by atomic mass is 10.0. The second-order valence-electron chi connectivity index (χ2n) is 7.23. The first-order valence-electron chi connectivity index (χ1n) is 9.41. The van der Waals surface area contributed by atoms with Crippen molar-refractivity contribution in [2.24, 2.45) is 5.92 Å². The van der Waals surface area contributed by atoms with Gasteiger partial charge in [-0.2, -0.15) is 0 Å². The highest BCUT2D eigenvalue weighted by molar-refractivity contribution is 6.05. The van der Waals surface area contributed by atoms with Crippen LogP contribution in [0.2, 0.25) is 0 Å². The molecule has 0 spiro atoms. The van der Waals surface area contributed by atoms with Crippen LogP contribution in [0.5, 0.6) is 0 Å². The molecule has 26 heavy (non-hydrogen) atoms. The Bertz CT molecular complexity index is 682. The van der Waals surface area contributed by atoms with Gasteiger partial charge in [-0.15, -0.1) is 0 Å². The molecule has 6 heteroatoms. The van der Waals surface area contributed by atoms with Crippen LogP contribution in [0.15, 0.2) is 24.3 Å². The van der Waals surface area contributed by atoms with Crippen molar-refractivity contribution in [3.8, 4) is 0 Å². The molecule has 1 unspecified atom stereocenters. The van der Waals surface area contributed by atoms with Crippen molar-refractivity contribution in [3.05, 3.63) is 24.3 Å². The Morgan fingerprint density at radius 3 is 2.73 bits per heavy atom. The highest BCUT2D eigenvalue weighted by Crippen LogP contribution is 2.31. The molecule has 1 heterocycles. The smallest absolute Gasteiger partial charge is 0.306 e. The van der Waals surface area contributed by atoms with Crippen molar-refractivity contribution < 1.29 is 19.1 Å². The third kappa shape index (κ3) is 4.42. The van der Waals surface area contributed by atoms with E-state index in [-0.39, 0.29) is 36.9 Å². The summed E-state index contributed by atoms with van der Waals surface area (Å²) in [5, 5.41) is 2.81. The number of anilines is 2. The summed E-state index contributed by atoms with van der Waals surface area (Å²) < 4.78 is 5.21. The van der Waals surface area contributed by atoms with E-state index in [0.29, 0.717) is 23.7 Å². The zero-order valence-corrected chi connectivity index (χ0v) is 15.2.